The number of aryl methyl sites for hydroxylation is 1. The number of carbonyl (C=O) groups excluding carboxylic acids is 2. The van der Waals surface area contributed by atoms with Crippen LogP contribution in [0.5, 0.6) is 0 Å². The number of hydrogen-bond donors (Lipinski definition) is 2. The first-order valence-electron chi connectivity index (χ1n) is 8.15. The van der Waals surface area contributed by atoms with E-state index in [1.807, 2.05) is 24.3 Å². The number of carbonyl (C=O) groups is 2. The van der Waals surface area contributed by atoms with Crippen molar-refractivity contribution in [1.82, 2.24) is 9.80 Å². The Kier molecular flexibility index (Phi) is 6.12. The van der Waals surface area contributed by atoms with Crippen LogP contribution in [-0.4, -0.2) is 60.4 Å². The molecule has 0 aliphatic carbocycles. The van der Waals surface area contributed by atoms with Crippen LogP contribution in [0.25, 0.3) is 0 Å². The normalized spacial score (nSPS) is 16.9. The van der Waals surface area contributed by atoms with E-state index >= 15 is 0 Å². The first-order valence-corrected chi connectivity index (χ1v) is 8.15. The van der Waals surface area contributed by atoms with E-state index in [2.05, 4.69) is 17.1 Å². The summed E-state index contributed by atoms with van der Waals surface area (Å²) in [4.78, 5) is 27.9. The molecule has 0 bridgehead atoms. The van der Waals surface area contributed by atoms with Gasteiger partial charge in [0.2, 0.25) is 11.8 Å². The summed E-state index contributed by atoms with van der Waals surface area (Å²) in [6.45, 7) is 6.76. The van der Waals surface area contributed by atoms with Crippen molar-refractivity contribution in [2.45, 2.75) is 26.3 Å². The second-order valence-corrected chi connectivity index (χ2v) is 5.95. The first kappa shape index (κ1) is 17.4. The number of hydrogen-bond acceptors (Lipinski definition) is 4. The maximum atomic E-state index is 12.2. The van der Waals surface area contributed by atoms with Gasteiger partial charge in [0.05, 0.1) is 12.6 Å². The van der Waals surface area contributed by atoms with Crippen LogP contribution in [-0.2, 0) is 16.0 Å². The van der Waals surface area contributed by atoms with Crippen LogP contribution in [0.2, 0.25) is 0 Å². The van der Waals surface area contributed by atoms with Gasteiger partial charge in [0.1, 0.15) is 0 Å². The first-order chi connectivity index (χ1) is 11.0. The summed E-state index contributed by atoms with van der Waals surface area (Å²) in [5.74, 6) is -0.0381. The highest BCUT2D eigenvalue weighted by molar-refractivity contribution is 5.93. The lowest BCUT2D eigenvalue weighted by molar-refractivity contribution is -0.134. The highest BCUT2D eigenvalue weighted by atomic mass is 16.2. The van der Waals surface area contributed by atoms with Gasteiger partial charge in [-0.05, 0) is 25.0 Å². The number of nitrogens with one attached hydrogen (secondary N) is 1. The van der Waals surface area contributed by atoms with Crippen molar-refractivity contribution in [2.24, 2.45) is 5.73 Å². The van der Waals surface area contributed by atoms with Gasteiger partial charge in [-0.25, -0.2) is 0 Å². The van der Waals surface area contributed by atoms with Gasteiger partial charge in [0.25, 0.3) is 0 Å². The average molecular weight is 318 g/mol. The maximum absolute atomic E-state index is 12.2. The van der Waals surface area contributed by atoms with Crippen LogP contribution in [0.15, 0.2) is 24.3 Å². The van der Waals surface area contributed by atoms with Crippen molar-refractivity contribution < 1.29 is 9.59 Å². The van der Waals surface area contributed by atoms with Crippen molar-refractivity contribution in [3.8, 4) is 0 Å². The van der Waals surface area contributed by atoms with Gasteiger partial charge in [-0.1, -0.05) is 25.1 Å². The van der Waals surface area contributed by atoms with Gasteiger partial charge in [0.15, 0.2) is 0 Å². The molecule has 0 spiro atoms. The summed E-state index contributed by atoms with van der Waals surface area (Å²) >= 11 is 0. The fourth-order valence-electron chi connectivity index (χ4n) is 2.76. The van der Waals surface area contributed by atoms with Gasteiger partial charge in [-0.3, -0.25) is 14.5 Å². The SMILES string of the molecule is CCc1ccccc1NC(=O)CN1CCN(C(=O)[C@@H](C)N)CC1. The van der Waals surface area contributed by atoms with Crippen LogP contribution in [0.4, 0.5) is 5.69 Å². The van der Waals surface area contributed by atoms with Gasteiger partial charge >= 0.3 is 0 Å². The monoisotopic (exact) mass is 318 g/mol. The van der Waals surface area contributed by atoms with E-state index in [1.165, 1.54) is 0 Å². The smallest absolute Gasteiger partial charge is 0.239 e. The van der Waals surface area contributed by atoms with E-state index in [0.717, 1.165) is 17.7 Å². The molecule has 1 saturated heterocycles. The molecule has 0 saturated carbocycles. The Balaban J connectivity index is 1.82. The van der Waals surface area contributed by atoms with Crippen molar-refractivity contribution >= 4 is 17.5 Å². The Hall–Kier alpha value is -1.92. The third-order valence-electron chi connectivity index (χ3n) is 4.11. The summed E-state index contributed by atoms with van der Waals surface area (Å²) < 4.78 is 0. The predicted octanol–water partition coefficient (Wildman–Crippen LogP) is 0.679. The quantitative estimate of drug-likeness (QED) is 0.837. The lowest BCUT2D eigenvalue weighted by Gasteiger charge is -2.35. The van der Waals surface area contributed by atoms with Gasteiger partial charge in [-0.2, -0.15) is 0 Å². The van der Waals surface area contributed by atoms with Crippen LogP contribution in [0.1, 0.15) is 19.4 Å². The minimum Gasteiger partial charge on any atom is -0.339 e. The molecule has 1 aromatic carbocycles. The fourth-order valence-corrected chi connectivity index (χ4v) is 2.76. The molecule has 0 unspecified atom stereocenters. The summed E-state index contributed by atoms with van der Waals surface area (Å²) in [6.07, 6.45) is 0.883. The zero-order valence-corrected chi connectivity index (χ0v) is 13.9. The largest absolute Gasteiger partial charge is 0.339 e. The molecule has 0 radical (unpaired) electrons. The zero-order valence-electron chi connectivity index (χ0n) is 13.9. The molecule has 2 amide bonds. The zero-order chi connectivity index (χ0) is 16.8. The maximum Gasteiger partial charge on any atom is 0.239 e. The van der Waals surface area contributed by atoms with Crippen LogP contribution in [0.3, 0.4) is 0 Å². The number of nitrogens with two attached hydrogens (primary N) is 1. The molecule has 1 aliphatic heterocycles. The number of piperazine rings is 1. The topological polar surface area (TPSA) is 78.7 Å². The Labute approximate surface area is 137 Å². The van der Waals surface area contributed by atoms with E-state index in [1.54, 1.807) is 11.8 Å². The average Bonchev–Trinajstić information content (AvgIpc) is 2.55. The predicted molar refractivity (Wildman–Crippen MR) is 91.1 cm³/mol. The summed E-state index contributed by atoms with van der Waals surface area (Å²) in [5, 5.41) is 2.98. The molecule has 2 rings (SSSR count). The summed E-state index contributed by atoms with van der Waals surface area (Å²) in [7, 11) is 0. The fraction of sp³-hybridized carbons (Fsp3) is 0.529. The Morgan fingerprint density at radius 1 is 1.22 bits per heavy atom. The molecule has 6 heteroatoms. The molecule has 0 aromatic heterocycles. The van der Waals surface area contributed by atoms with Gasteiger partial charge in [-0.15, -0.1) is 0 Å². The molecule has 1 atom stereocenters. The Morgan fingerprint density at radius 2 is 1.87 bits per heavy atom. The number of rotatable bonds is 5. The second-order valence-electron chi connectivity index (χ2n) is 5.95. The summed E-state index contributed by atoms with van der Waals surface area (Å²) in [6, 6.07) is 7.38. The molecule has 3 N–H and O–H groups in total. The molecule has 1 aliphatic rings. The molecular formula is C17H26N4O2. The minimum atomic E-state index is -0.463. The minimum absolute atomic E-state index is 0.0159. The van der Waals surface area contributed by atoms with Crippen molar-refractivity contribution in [1.29, 1.82) is 0 Å². The van der Waals surface area contributed by atoms with Crippen molar-refractivity contribution in [2.75, 3.05) is 38.0 Å². The molecule has 23 heavy (non-hydrogen) atoms. The number of para-hydroxylation sites is 1. The lowest BCUT2D eigenvalue weighted by Crippen LogP contribution is -2.53. The van der Waals surface area contributed by atoms with E-state index in [9.17, 15) is 9.59 Å². The lowest BCUT2D eigenvalue weighted by atomic mass is 10.1. The highest BCUT2D eigenvalue weighted by Crippen LogP contribution is 2.15. The van der Waals surface area contributed by atoms with E-state index in [0.29, 0.717) is 32.7 Å². The van der Waals surface area contributed by atoms with Crippen LogP contribution >= 0.6 is 0 Å². The second kappa shape index (κ2) is 8.08. The molecular weight excluding hydrogens is 292 g/mol. The highest BCUT2D eigenvalue weighted by Gasteiger charge is 2.24. The van der Waals surface area contributed by atoms with E-state index in [4.69, 9.17) is 5.73 Å². The van der Waals surface area contributed by atoms with Gasteiger partial charge in [0, 0.05) is 31.9 Å². The number of amides is 2. The Bertz CT molecular complexity index is 551. The standard InChI is InChI=1S/C17H26N4O2/c1-3-14-6-4-5-7-15(14)19-16(22)12-20-8-10-21(11-9-20)17(23)13(2)18/h4-7,13H,3,8-12,18H2,1-2H3,(H,19,22)/t13-/m1/s1. The summed E-state index contributed by atoms with van der Waals surface area (Å²) in [5.41, 5.74) is 7.64. The van der Waals surface area contributed by atoms with Crippen LogP contribution in [0, 0.1) is 0 Å². The van der Waals surface area contributed by atoms with Crippen molar-refractivity contribution in [3.63, 3.8) is 0 Å². The molecule has 6 nitrogen and oxygen atoms in total. The molecule has 1 aromatic rings. The number of benzene rings is 1. The third-order valence-corrected chi connectivity index (χ3v) is 4.11. The molecule has 126 valence electrons. The number of anilines is 1. The van der Waals surface area contributed by atoms with Crippen LogP contribution < -0.4 is 11.1 Å². The Morgan fingerprint density at radius 3 is 2.48 bits per heavy atom. The van der Waals surface area contributed by atoms with E-state index in [-0.39, 0.29) is 11.8 Å². The van der Waals surface area contributed by atoms with Gasteiger partial charge < -0.3 is 16.0 Å². The third kappa shape index (κ3) is 4.77. The molecule has 1 fully saturated rings. The number of nitrogens with zero attached hydrogens (tertiary/aromatic N) is 2. The molecule has 1 heterocycles. The van der Waals surface area contributed by atoms with Crippen molar-refractivity contribution in [3.05, 3.63) is 29.8 Å². The van der Waals surface area contributed by atoms with E-state index < -0.39 is 6.04 Å².